The van der Waals surface area contributed by atoms with Crippen molar-refractivity contribution in [1.29, 1.82) is 0 Å². The van der Waals surface area contributed by atoms with Gasteiger partial charge in [-0.1, -0.05) is 90.6 Å². The van der Waals surface area contributed by atoms with Crippen LogP contribution in [-0.4, -0.2) is 3.26 Å². The number of hydrogen-bond acceptors (Lipinski definition) is 0. The van der Waals surface area contributed by atoms with Crippen molar-refractivity contribution in [2.45, 2.75) is 99.3 Å². The molecule has 0 radical (unpaired) electrons. The molecule has 36 heavy (non-hydrogen) atoms. The molecule has 0 aromatic heterocycles. The average Bonchev–Trinajstić information content (AvgIpc) is 3.48. The van der Waals surface area contributed by atoms with Crippen LogP contribution in [0.25, 0.3) is 16.8 Å². The van der Waals surface area contributed by atoms with E-state index in [4.69, 9.17) is 17.2 Å². The van der Waals surface area contributed by atoms with Gasteiger partial charge in [-0.3, -0.25) is 6.08 Å². The van der Waals surface area contributed by atoms with Gasteiger partial charge in [-0.2, -0.15) is 17.7 Å². The summed E-state index contributed by atoms with van der Waals surface area (Å²) in [7, 11) is 11.1. The number of allylic oxidation sites excluding steroid dienone is 1. The van der Waals surface area contributed by atoms with Gasteiger partial charge in [0.05, 0.1) is 0 Å². The van der Waals surface area contributed by atoms with E-state index in [-0.39, 0.29) is 0 Å². The molecule has 1 aliphatic carbocycles. The molecule has 0 aliphatic heterocycles. The zero-order valence-corrected chi connectivity index (χ0v) is 29.0. The Kier molecular flexibility index (Phi) is 12.5. The Bertz CT molecular complexity index is 1150. The van der Waals surface area contributed by atoms with Crippen molar-refractivity contribution >= 4 is 37.3 Å². The van der Waals surface area contributed by atoms with Crippen LogP contribution in [0, 0.1) is 6.08 Å². The Morgan fingerprint density at radius 2 is 1.22 bits per heavy atom. The summed E-state index contributed by atoms with van der Waals surface area (Å²) in [5, 5.41) is 2.88. The van der Waals surface area contributed by atoms with Gasteiger partial charge in [0.15, 0.2) is 0 Å². The molecule has 0 spiro atoms. The maximum absolute atomic E-state index is 5.55. The molecule has 0 N–H and O–H groups in total. The van der Waals surface area contributed by atoms with E-state index in [1.807, 2.05) is 13.8 Å². The predicted octanol–water partition coefficient (Wildman–Crippen LogP) is 11.2. The van der Waals surface area contributed by atoms with Crippen LogP contribution < -0.4 is 0 Å². The molecule has 1 aliphatic rings. The van der Waals surface area contributed by atoms with Crippen LogP contribution in [0.5, 0.6) is 0 Å². The maximum atomic E-state index is 5.55. The van der Waals surface area contributed by atoms with Gasteiger partial charge < -0.3 is 0 Å². The van der Waals surface area contributed by atoms with E-state index < -0.39 is 18.6 Å². The van der Waals surface area contributed by atoms with Crippen LogP contribution in [0.4, 0.5) is 0 Å². The molecule has 0 heterocycles. The van der Waals surface area contributed by atoms with Crippen molar-refractivity contribution in [3.05, 3.63) is 81.9 Å². The van der Waals surface area contributed by atoms with Crippen LogP contribution in [0.1, 0.15) is 126 Å². The average molecular weight is 690 g/mol. The molecule has 3 aromatic rings. The normalized spacial score (nSPS) is 12.1. The van der Waals surface area contributed by atoms with Crippen LogP contribution >= 0.6 is 17.2 Å². The second kappa shape index (κ2) is 14.3. The van der Waals surface area contributed by atoms with E-state index >= 15 is 0 Å². The minimum atomic E-state index is -1.97. The fourth-order valence-electron chi connectivity index (χ4n) is 4.66. The molecule has 196 valence electrons. The Labute approximate surface area is 235 Å². The fraction of sp³-hybridized carbons (Fsp3) is 0.455. The van der Waals surface area contributed by atoms with Gasteiger partial charge in [0.25, 0.3) is 0 Å². The van der Waals surface area contributed by atoms with Crippen molar-refractivity contribution in [2.75, 3.05) is 0 Å². The topological polar surface area (TPSA) is 0 Å². The molecule has 3 heteroatoms. The van der Waals surface area contributed by atoms with E-state index in [0.717, 1.165) is 6.42 Å². The van der Waals surface area contributed by atoms with E-state index in [0.29, 0.717) is 23.7 Å². The third-order valence-electron chi connectivity index (χ3n) is 6.70. The quantitative estimate of drug-likeness (QED) is 0.189. The van der Waals surface area contributed by atoms with Crippen LogP contribution in [-0.2, 0) is 25.0 Å². The van der Waals surface area contributed by atoms with Gasteiger partial charge in [0.1, 0.15) is 0 Å². The Morgan fingerprint density at radius 1 is 0.750 bits per heavy atom. The number of hydrogen-bond donors (Lipinski definition) is 0. The van der Waals surface area contributed by atoms with Gasteiger partial charge in [-0.15, -0.1) is 46.0 Å². The van der Waals surface area contributed by atoms with Crippen molar-refractivity contribution < 1.29 is 18.6 Å². The molecule has 4 rings (SSSR count). The molecule has 0 unspecified atom stereocenters. The first kappa shape index (κ1) is 31.3. The van der Waals surface area contributed by atoms with Gasteiger partial charge in [0, 0.05) is 0 Å². The number of rotatable bonds is 4. The summed E-state index contributed by atoms with van der Waals surface area (Å²) in [6.07, 6.45) is 6.53. The predicted molar refractivity (Wildman–Crippen MR) is 162 cm³/mol. The standard InChI is InChI=1S/2C15H19.C3H6.2ClH.Hf/c2*1-10(2)12-8-9-13(11(3)4)15-7-5-6-14(12)15;1-3-2;;;/h6,8-11H,7H2,1-4H3;5-11H,1-4H3;1-2H3;2*1H;/q2*-1;;;;+2/p-2. The molecule has 3 aromatic carbocycles. The van der Waals surface area contributed by atoms with Crippen LogP contribution in [0.15, 0.2) is 42.5 Å². The molecule has 0 nitrogen and oxygen atoms in total. The monoisotopic (exact) mass is 690 g/mol. The van der Waals surface area contributed by atoms with Gasteiger partial charge in [0.2, 0.25) is 0 Å². The van der Waals surface area contributed by atoms with Gasteiger partial charge in [-0.05, 0) is 17.8 Å². The van der Waals surface area contributed by atoms with Crippen molar-refractivity contribution in [3.63, 3.8) is 0 Å². The fourth-order valence-corrected chi connectivity index (χ4v) is 4.66. The summed E-state index contributed by atoms with van der Waals surface area (Å²) < 4.78 is 1.25. The second-order valence-electron chi connectivity index (χ2n) is 11.1. The summed E-state index contributed by atoms with van der Waals surface area (Å²) in [6, 6.07) is 15.8. The molecule has 0 saturated carbocycles. The van der Waals surface area contributed by atoms with Crippen molar-refractivity contribution in [3.8, 4) is 0 Å². The zero-order chi connectivity index (χ0) is 27.2. The first-order valence-electron chi connectivity index (χ1n) is 13.3. The van der Waals surface area contributed by atoms with E-state index in [2.05, 4.69) is 110 Å². The third-order valence-corrected chi connectivity index (χ3v) is 15.6. The first-order chi connectivity index (χ1) is 16.9. The van der Waals surface area contributed by atoms with Gasteiger partial charge >= 0.3 is 52.8 Å². The molecule has 0 bridgehead atoms. The number of halogens is 2. The molecule has 0 saturated heterocycles. The van der Waals surface area contributed by atoms with Crippen LogP contribution in [0.3, 0.4) is 0 Å². The Morgan fingerprint density at radius 3 is 1.72 bits per heavy atom. The SMILES string of the molecule is CC(C)c1ccc(C(C)C)c2[cH-]ccc12.CC(C)c1ccc(C(C)C)c2c1C=[C-]C2.C[C](C)=[Hf]([Cl])[Cl]. The number of fused-ring (bicyclic) bond motifs is 2. The van der Waals surface area contributed by atoms with Crippen molar-refractivity contribution in [1.82, 2.24) is 0 Å². The summed E-state index contributed by atoms with van der Waals surface area (Å²) in [5.74, 6) is 2.44. The summed E-state index contributed by atoms with van der Waals surface area (Å²) in [4.78, 5) is 0. The summed E-state index contributed by atoms with van der Waals surface area (Å²) >= 11 is -1.97. The second-order valence-corrected chi connectivity index (χ2v) is 24.4. The summed E-state index contributed by atoms with van der Waals surface area (Å²) in [6.45, 7) is 22.1. The van der Waals surface area contributed by atoms with E-state index in [1.165, 1.54) is 47.4 Å². The molecule has 0 fully saturated rings. The molecule has 0 amide bonds. The van der Waals surface area contributed by atoms with E-state index in [1.54, 1.807) is 0 Å². The minimum absolute atomic E-state index is 0.608. The first-order valence-corrected chi connectivity index (χ1v) is 24.0. The molecule has 0 atom stereocenters. The van der Waals surface area contributed by atoms with E-state index in [9.17, 15) is 0 Å². The number of benzene rings is 2. The van der Waals surface area contributed by atoms with Gasteiger partial charge in [-0.25, -0.2) is 6.08 Å². The Balaban J connectivity index is 0.000000208. The molecular weight excluding hydrogens is 646 g/mol. The van der Waals surface area contributed by atoms with Crippen LogP contribution in [0.2, 0.25) is 0 Å². The molecular formula is C33H44Cl2Hf-2. The zero-order valence-electron chi connectivity index (χ0n) is 23.9. The van der Waals surface area contributed by atoms with Crippen molar-refractivity contribution in [2.24, 2.45) is 0 Å². The third kappa shape index (κ3) is 8.05. The summed E-state index contributed by atoms with van der Waals surface area (Å²) in [5.41, 5.74) is 8.86. The Hall–Kier alpha value is -0.890.